The lowest BCUT2D eigenvalue weighted by molar-refractivity contribution is -0.202. The zero-order chi connectivity index (χ0) is 14.1. The molecule has 2 heterocycles. The van der Waals surface area contributed by atoms with Gasteiger partial charge >= 0.3 is 0 Å². The Hall–Kier alpha value is -0.980. The first kappa shape index (κ1) is 14.0. The van der Waals surface area contributed by atoms with Crippen LogP contribution in [0.5, 0.6) is 0 Å². The average molecular weight is 281 g/mol. The van der Waals surface area contributed by atoms with Crippen LogP contribution in [0.3, 0.4) is 0 Å². The second-order valence-electron chi connectivity index (χ2n) is 5.91. The van der Waals surface area contributed by atoms with Crippen LogP contribution in [0.4, 0.5) is 0 Å². The van der Waals surface area contributed by atoms with Gasteiger partial charge in [-0.05, 0) is 19.3 Å². The summed E-state index contributed by atoms with van der Waals surface area (Å²) in [5.41, 5.74) is -0.709. The predicted molar refractivity (Wildman–Crippen MR) is 72.1 cm³/mol. The molecule has 2 fully saturated rings. The highest BCUT2D eigenvalue weighted by atomic mass is 16.7. The van der Waals surface area contributed by atoms with E-state index in [4.69, 9.17) is 9.47 Å². The van der Waals surface area contributed by atoms with Crippen LogP contribution in [0.25, 0.3) is 0 Å². The topological polar surface area (TPSA) is 69.4 Å². The van der Waals surface area contributed by atoms with Crippen LogP contribution in [0.2, 0.25) is 0 Å². The van der Waals surface area contributed by atoms with Crippen LogP contribution in [0.15, 0.2) is 6.33 Å². The van der Waals surface area contributed by atoms with E-state index in [0.717, 1.165) is 31.6 Å². The summed E-state index contributed by atoms with van der Waals surface area (Å²) in [7, 11) is 0. The van der Waals surface area contributed by atoms with E-state index in [0.29, 0.717) is 32.5 Å². The van der Waals surface area contributed by atoms with Crippen molar-refractivity contribution in [1.82, 2.24) is 14.8 Å². The van der Waals surface area contributed by atoms with Crippen molar-refractivity contribution in [2.45, 2.75) is 63.4 Å². The van der Waals surface area contributed by atoms with E-state index in [1.165, 1.54) is 0 Å². The molecule has 1 spiro atoms. The van der Waals surface area contributed by atoms with Gasteiger partial charge in [0.2, 0.25) is 0 Å². The summed E-state index contributed by atoms with van der Waals surface area (Å²) in [6, 6.07) is 0. The maximum Gasteiger partial charge on any atom is 0.168 e. The highest BCUT2D eigenvalue weighted by Gasteiger charge is 2.45. The van der Waals surface area contributed by atoms with Crippen LogP contribution in [-0.4, -0.2) is 44.5 Å². The van der Waals surface area contributed by atoms with Gasteiger partial charge < -0.3 is 14.6 Å². The number of ether oxygens (including phenoxy) is 2. The molecule has 0 unspecified atom stereocenters. The van der Waals surface area contributed by atoms with Crippen molar-refractivity contribution in [3.63, 3.8) is 0 Å². The Balaban J connectivity index is 1.64. The predicted octanol–water partition coefficient (Wildman–Crippen LogP) is 1.28. The minimum atomic E-state index is -0.709. The summed E-state index contributed by atoms with van der Waals surface area (Å²) < 4.78 is 13.3. The normalized spacial score (nSPS) is 24.3. The van der Waals surface area contributed by atoms with Gasteiger partial charge in [-0.2, -0.15) is 5.10 Å². The first-order valence-electron chi connectivity index (χ1n) is 7.52. The molecule has 1 aliphatic carbocycles. The van der Waals surface area contributed by atoms with E-state index in [1.54, 1.807) is 6.33 Å². The molecule has 112 valence electrons. The van der Waals surface area contributed by atoms with Crippen molar-refractivity contribution in [3.05, 3.63) is 12.2 Å². The third-order valence-corrected chi connectivity index (χ3v) is 4.37. The zero-order valence-electron chi connectivity index (χ0n) is 12.0. The molecule has 1 saturated heterocycles. The van der Waals surface area contributed by atoms with E-state index >= 15 is 0 Å². The van der Waals surface area contributed by atoms with E-state index in [-0.39, 0.29) is 0 Å². The van der Waals surface area contributed by atoms with Crippen LogP contribution in [0, 0.1) is 0 Å². The van der Waals surface area contributed by atoms with Gasteiger partial charge in [0.15, 0.2) is 5.79 Å². The number of hydrogen-bond acceptors (Lipinski definition) is 5. The first-order valence-corrected chi connectivity index (χ1v) is 7.52. The number of aromatic nitrogens is 3. The summed E-state index contributed by atoms with van der Waals surface area (Å²) >= 11 is 0. The van der Waals surface area contributed by atoms with Crippen LogP contribution >= 0.6 is 0 Å². The summed E-state index contributed by atoms with van der Waals surface area (Å²) in [6.45, 7) is 4.30. The van der Waals surface area contributed by atoms with Gasteiger partial charge in [-0.15, -0.1) is 0 Å². The van der Waals surface area contributed by atoms with E-state index in [9.17, 15) is 5.11 Å². The standard InChI is InChI=1S/C14H23N3O3/c1-2-7-17-12(15-11-16-17)10-13(18)3-5-14(6-4-13)19-8-9-20-14/h11,18H,2-10H2,1H3. The maximum absolute atomic E-state index is 10.8. The SMILES string of the molecule is CCCn1ncnc1CC1(O)CCC2(CC1)OCCO2. The molecule has 1 aliphatic heterocycles. The molecule has 1 saturated carbocycles. The zero-order valence-corrected chi connectivity index (χ0v) is 12.0. The lowest BCUT2D eigenvalue weighted by Crippen LogP contribution is -2.45. The van der Waals surface area contributed by atoms with Gasteiger partial charge in [0.25, 0.3) is 0 Å². The molecule has 0 bridgehead atoms. The van der Waals surface area contributed by atoms with Crippen molar-refractivity contribution >= 4 is 0 Å². The Morgan fingerprint density at radius 3 is 2.60 bits per heavy atom. The quantitative estimate of drug-likeness (QED) is 0.900. The van der Waals surface area contributed by atoms with Gasteiger partial charge in [-0.3, -0.25) is 4.68 Å². The number of hydrogen-bond donors (Lipinski definition) is 1. The Labute approximate surface area is 119 Å². The highest BCUT2D eigenvalue weighted by Crippen LogP contribution is 2.41. The molecule has 0 atom stereocenters. The molecule has 1 aromatic rings. The smallest absolute Gasteiger partial charge is 0.168 e. The molecular formula is C14H23N3O3. The summed E-state index contributed by atoms with van der Waals surface area (Å²) in [5, 5.41) is 15.0. The molecule has 0 amide bonds. The fraction of sp³-hybridized carbons (Fsp3) is 0.857. The Morgan fingerprint density at radius 2 is 1.95 bits per heavy atom. The maximum atomic E-state index is 10.8. The monoisotopic (exact) mass is 281 g/mol. The van der Waals surface area contributed by atoms with Crippen molar-refractivity contribution in [2.24, 2.45) is 0 Å². The number of aryl methyl sites for hydroxylation is 1. The number of aliphatic hydroxyl groups is 1. The Bertz CT molecular complexity index is 444. The van der Waals surface area contributed by atoms with Crippen molar-refractivity contribution in [1.29, 1.82) is 0 Å². The number of nitrogens with zero attached hydrogens (tertiary/aromatic N) is 3. The molecule has 0 radical (unpaired) electrons. The molecule has 20 heavy (non-hydrogen) atoms. The fourth-order valence-electron chi connectivity index (χ4n) is 3.18. The first-order chi connectivity index (χ1) is 9.65. The van der Waals surface area contributed by atoms with Crippen molar-refractivity contribution in [2.75, 3.05) is 13.2 Å². The molecule has 0 aromatic carbocycles. The van der Waals surface area contributed by atoms with Gasteiger partial charge in [0.1, 0.15) is 12.2 Å². The summed E-state index contributed by atoms with van der Waals surface area (Å²) in [5.74, 6) is 0.446. The minimum Gasteiger partial charge on any atom is -0.389 e. The van der Waals surface area contributed by atoms with E-state index in [2.05, 4.69) is 17.0 Å². The summed E-state index contributed by atoms with van der Waals surface area (Å²) in [6.07, 6.45) is 6.03. The minimum absolute atomic E-state index is 0.427. The Morgan fingerprint density at radius 1 is 1.25 bits per heavy atom. The molecule has 3 rings (SSSR count). The third-order valence-electron chi connectivity index (χ3n) is 4.37. The second kappa shape index (κ2) is 5.42. The van der Waals surface area contributed by atoms with Crippen LogP contribution < -0.4 is 0 Å². The molecule has 1 N–H and O–H groups in total. The largest absolute Gasteiger partial charge is 0.389 e. The molecule has 6 nitrogen and oxygen atoms in total. The lowest BCUT2D eigenvalue weighted by Gasteiger charge is -2.40. The summed E-state index contributed by atoms with van der Waals surface area (Å²) in [4.78, 5) is 4.29. The van der Waals surface area contributed by atoms with Crippen molar-refractivity contribution < 1.29 is 14.6 Å². The van der Waals surface area contributed by atoms with E-state index in [1.807, 2.05) is 4.68 Å². The lowest BCUT2D eigenvalue weighted by atomic mass is 9.79. The van der Waals surface area contributed by atoms with Gasteiger partial charge in [-0.1, -0.05) is 6.92 Å². The van der Waals surface area contributed by atoms with Gasteiger partial charge in [0, 0.05) is 25.8 Å². The average Bonchev–Trinajstić information content (AvgIpc) is 3.06. The van der Waals surface area contributed by atoms with Crippen LogP contribution in [-0.2, 0) is 22.4 Å². The van der Waals surface area contributed by atoms with Crippen molar-refractivity contribution in [3.8, 4) is 0 Å². The number of rotatable bonds is 4. The molecule has 1 aromatic heterocycles. The highest BCUT2D eigenvalue weighted by molar-refractivity contribution is 4.99. The second-order valence-corrected chi connectivity index (χ2v) is 5.91. The molecule has 6 heteroatoms. The fourth-order valence-corrected chi connectivity index (χ4v) is 3.18. The van der Waals surface area contributed by atoms with Crippen LogP contribution in [0.1, 0.15) is 44.9 Å². The van der Waals surface area contributed by atoms with Gasteiger partial charge in [0.05, 0.1) is 18.8 Å². The third kappa shape index (κ3) is 2.73. The Kier molecular flexibility index (Phi) is 3.79. The van der Waals surface area contributed by atoms with E-state index < -0.39 is 11.4 Å². The van der Waals surface area contributed by atoms with Gasteiger partial charge in [-0.25, -0.2) is 4.98 Å². The molecular weight excluding hydrogens is 258 g/mol. The molecule has 2 aliphatic rings.